The Kier molecular flexibility index (Phi) is 5.50. The number of carbonyl (C=O) groups excluding carboxylic acids is 2. The number of amides is 2. The van der Waals surface area contributed by atoms with Crippen LogP contribution in [0.2, 0.25) is 0 Å². The molecule has 0 aliphatic carbocycles. The summed E-state index contributed by atoms with van der Waals surface area (Å²) < 4.78 is 1.76. The Labute approximate surface area is 142 Å². The summed E-state index contributed by atoms with van der Waals surface area (Å²) >= 11 is 0. The van der Waals surface area contributed by atoms with Gasteiger partial charge in [-0.15, -0.1) is 0 Å². The molecule has 1 aromatic rings. The number of likely N-dealkylation sites (tertiary alicyclic amines) is 1. The topological polar surface area (TPSA) is 79.3 Å². The highest BCUT2D eigenvalue weighted by Crippen LogP contribution is 2.27. The van der Waals surface area contributed by atoms with Gasteiger partial charge >= 0.3 is 0 Å². The van der Waals surface area contributed by atoms with Gasteiger partial charge in [-0.2, -0.15) is 5.10 Å². The van der Waals surface area contributed by atoms with Crippen molar-refractivity contribution >= 4 is 11.8 Å². The lowest BCUT2D eigenvalue weighted by atomic mass is 9.90. The van der Waals surface area contributed by atoms with Crippen LogP contribution in [-0.2, 0) is 16.6 Å². The molecule has 0 saturated carbocycles. The van der Waals surface area contributed by atoms with Crippen molar-refractivity contribution in [1.82, 2.24) is 25.3 Å². The van der Waals surface area contributed by atoms with Crippen LogP contribution in [0.3, 0.4) is 0 Å². The van der Waals surface area contributed by atoms with E-state index in [2.05, 4.69) is 15.7 Å². The van der Waals surface area contributed by atoms with Crippen LogP contribution in [0.25, 0.3) is 0 Å². The highest BCUT2D eigenvalue weighted by molar-refractivity contribution is 5.82. The quantitative estimate of drug-likeness (QED) is 0.809. The molecule has 0 bridgehead atoms. The molecule has 2 atom stereocenters. The Morgan fingerprint density at radius 1 is 1.29 bits per heavy atom. The van der Waals surface area contributed by atoms with E-state index in [4.69, 9.17) is 0 Å². The van der Waals surface area contributed by atoms with E-state index in [9.17, 15) is 9.59 Å². The highest BCUT2D eigenvalue weighted by atomic mass is 16.2. The largest absolute Gasteiger partial charge is 0.355 e. The number of piperidine rings is 1. The minimum Gasteiger partial charge on any atom is -0.355 e. The molecule has 0 aromatic carbocycles. The zero-order chi connectivity index (χ0) is 16.9. The molecule has 0 radical (unpaired) electrons. The van der Waals surface area contributed by atoms with Gasteiger partial charge in [-0.3, -0.25) is 14.3 Å². The summed E-state index contributed by atoms with van der Waals surface area (Å²) in [6, 6.07) is 0. The van der Waals surface area contributed by atoms with Crippen molar-refractivity contribution in [2.75, 3.05) is 32.7 Å². The molecule has 2 fully saturated rings. The molecule has 2 N–H and O–H groups in total. The second kappa shape index (κ2) is 7.79. The summed E-state index contributed by atoms with van der Waals surface area (Å²) in [6.45, 7) is 3.61. The monoisotopic (exact) mass is 333 g/mol. The highest BCUT2D eigenvalue weighted by Gasteiger charge is 2.34. The summed E-state index contributed by atoms with van der Waals surface area (Å²) in [5, 5.41) is 10.4. The Morgan fingerprint density at radius 3 is 2.79 bits per heavy atom. The molecule has 24 heavy (non-hydrogen) atoms. The van der Waals surface area contributed by atoms with Crippen LogP contribution >= 0.6 is 0 Å². The molecule has 7 nitrogen and oxygen atoms in total. The van der Waals surface area contributed by atoms with Crippen LogP contribution in [0, 0.1) is 5.92 Å². The predicted molar refractivity (Wildman–Crippen MR) is 90.4 cm³/mol. The Hall–Kier alpha value is -1.89. The smallest absolute Gasteiger partial charge is 0.225 e. The second-order valence-electron chi connectivity index (χ2n) is 6.80. The summed E-state index contributed by atoms with van der Waals surface area (Å²) in [5.41, 5.74) is 1.09. The summed E-state index contributed by atoms with van der Waals surface area (Å²) in [6.07, 6.45) is 7.60. The fourth-order valence-corrected chi connectivity index (χ4v) is 3.66. The molecule has 2 aliphatic heterocycles. The van der Waals surface area contributed by atoms with Crippen LogP contribution in [-0.4, -0.2) is 59.2 Å². The molecule has 3 rings (SSSR count). The van der Waals surface area contributed by atoms with Crippen molar-refractivity contribution in [3.8, 4) is 0 Å². The maximum absolute atomic E-state index is 12.5. The third kappa shape index (κ3) is 3.95. The summed E-state index contributed by atoms with van der Waals surface area (Å²) in [5.74, 6) is 0.236. The number of aryl methyl sites for hydroxylation is 1. The van der Waals surface area contributed by atoms with Crippen LogP contribution in [0.4, 0.5) is 0 Å². The van der Waals surface area contributed by atoms with Crippen molar-refractivity contribution in [2.45, 2.75) is 31.6 Å². The third-order valence-corrected chi connectivity index (χ3v) is 5.05. The van der Waals surface area contributed by atoms with Gasteiger partial charge in [0.25, 0.3) is 0 Å². The first-order valence-corrected chi connectivity index (χ1v) is 8.90. The second-order valence-corrected chi connectivity index (χ2v) is 6.80. The molecule has 2 amide bonds. The van der Waals surface area contributed by atoms with Crippen molar-refractivity contribution in [1.29, 1.82) is 0 Å². The van der Waals surface area contributed by atoms with Crippen molar-refractivity contribution in [2.24, 2.45) is 13.0 Å². The average molecular weight is 333 g/mol. The zero-order valence-electron chi connectivity index (χ0n) is 14.3. The van der Waals surface area contributed by atoms with Crippen molar-refractivity contribution in [3.63, 3.8) is 0 Å². The van der Waals surface area contributed by atoms with Gasteiger partial charge in [-0.25, -0.2) is 0 Å². The lowest BCUT2D eigenvalue weighted by Crippen LogP contribution is -2.39. The predicted octanol–water partition coefficient (Wildman–Crippen LogP) is 0.242. The fraction of sp³-hybridized carbons (Fsp3) is 0.706. The van der Waals surface area contributed by atoms with Gasteiger partial charge in [0, 0.05) is 58.3 Å². The van der Waals surface area contributed by atoms with Gasteiger partial charge in [0.05, 0.1) is 12.1 Å². The van der Waals surface area contributed by atoms with Crippen molar-refractivity contribution < 1.29 is 9.59 Å². The number of nitrogens with zero attached hydrogens (tertiary/aromatic N) is 3. The molecule has 132 valence electrons. The van der Waals surface area contributed by atoms with Gasteiger partial charge in [-0.05, 0) is 24.8 Å². The first-order chi connectivity index (χ1) is 11.6. The summed E-state index contributed by atoms with van der Waals surface area (Å²) in [7, 11) is 1.88. The summed E-state index contributed by atoms with van der Waals surface area (Å²) in [4.78, 5) is 26.6. The first-order valence-electron chi connectivity index (χ1n) is 8.90. The van der Waals surface area contributed by atoms with E-state index in [1.807, 2.05) is 24.3 Å². The third-order valence-electron chi connectivity index (χ3n) is 5.05. The molecule has 7 heteroatoms. The molecule has 0 unspecified atom stereocenters. The number of nitrogens with one attached hydrogen (secondary N) is 2. The first kappa shape index (κ1) is 17.0. The number of carbonyl (C=O) groups is 2. The Morgan fingerprint density at radius 2 is 2.08 bits per heavy atom. The van der Waals surface area contributed by atoms with E-state index < -0.39 is 0 Å². The SMILES string of the molecule is Cn1cc([C@H]2CNC[C@@H]2C(=O)NCCC(=O)N2CCCCC2)cn1. The minimum absolute atomic E-state index is 0.0281. The van der Waals surface area contributed by atoms with E-state index >= 15 is 0 Å². The lowest BCUT2D eigenvalue weighted by molar-refractivity contribution is -0.132. The van der Waals surface area contributed by atoms with Gasteiger partial charge < -0.3 is 15.5 Å². The van der Waals surface area contributed by atoms with Crippen LogP contribution in [0.1, 0.15) is 37.2 Å². The van der Waals surface area contributed by atoms with E-state index in [1.54, 1.807) is 4.68 Å². The van der Waals surface area contributed by atoms with E-state index in [1.165, 1.54) is 6.42 Å². The van der Waals surface area contributed by atoms with Gasteiger partial charge in [0.1, 0.15) is 0 Å². The molecular weight excluding hydrogens is 306 g/mol. The number of hydrogen-bond acceptors (Lipinski definition) is 4. The van der Waals surface area contributed by atoms with Gasteiger partial charge in [-0.1, -0.05) is 0 Å². The van der Waals surface area contributed by atoms with Gasteiger partial charge in [0.2, 0.25) is 11.8 Å². The van der Waals surface area contributed by atoms with Gasteiger partial charge in [0.15, 0.2) is 0 Å². The maximum Gasteiger partial charge on any atom is 0.225 e. The molecule has 3 heterocycles. The van der Waals surface area contributed by atoms with Crippen molar-refractivity contribution in [3.05, 3.63) is 18.0 Å². The van der Waals surface area contributed by atoms with E-state index in [0.29, 0.717) is 19.5 Å². The molecule has 0 spiro atoms. The Balaban J connectivity index is 1.46. The number of rotatable bonds is 5. The molecule has 2 aliphatic rings. The molecule has 1 aromatic heterocycles. The van der Waals surface area contributed by atoms with Crippen LogP contribution < -0.4 is 10.6 Å². The molecule has 2 saturated heterocycles. The standard InChI is InChI=1S/C17H27N5O2/c1-21-12-13(9-20-21)14-10-18-11-15(14)17(24)19-6-5-16(23)22-7-3-2-4-8-22/h9,12,14-15,18H,2-8,10-11H2,1H3,(H,19,24)/t14-,15+/m1/s1. The van der Waals surface area contributed by atoms with E-state index in [0.717, 1.165) is 38.0 Å². The van der Waals surface area contributed by atoms with Crippen LogP contribution in [0.15, 0.2) is 12.4 Å². The lowest BCUT2D eigenvalue weighted by Gasteiger charge is -2.26. The minimum atomic E-state index is -0.0979. The van der Waals surface area contributed by atoms with E-state index in [-0.39, 0.29) is 23.7 Å². The maximum atomic E-state index is 12.5. The average Bonchev–Trinajstić information content (AvgIpc) is 3.24. The fourth-order valence-electron chi connectivity index (χ4n) is 3.66. The number of hydrogen-bond donors (Lipinski definition) is 2. The zero-order valence-corrected chi connectivity index (χ0v) is 14.3. The Bertz CT molecular complexity index is 579. The number of aromatic nitrogens is 2. The van der Waals surface area contributed by atoms with Crippen LogP contribution in [0.5, 0.6) is 0 Å². The molecular formula is C17H27N5O2. The normalized spacial score (nSPS) is 24.1.